The summed E-state index contributed by atoms with van der Waals surface area (Å²) < 4.78 is 2.51. The standard InChI is InChI=1S/C22H28N2/c1-21(2)14-9-15-22(3,4)24(21)16-23-19-12-7-5-10-17(19)18-11-6-8-13-20(18)23/h5-8,10-13H,9,14-16H2,1-4H3. The lowest BCUT2D eigenvalue weighted by Crippen LogP contribution is -2.58. The van der Waals surface area contributed by atoms with Gasteiger partial charge in [0.2, 0.25) is 0 Å². The van der Waals surface area contributed by atoms with E-state index in [1.165, 1.54) is 41.1 Å². The Morgan fingerprint density at radius 2 is 1.21 bits per heavy atom. The topological polar surface area (TPSA) is 8.17 Å². The summed E-state index contributed by atoms with van der Waals surface area (Å²) in [6, 6.07) is 17.6. The number of hydrogen-bond donors (Lipinski definition) is 0. The van der Waals surface area contributed by atoms with Gasteiger partial charge in [-0.3, -0.25) is 4.90 Å². The van der Waals surface area contributed by atoms with Gasteiger partial charge in [-0.05, 0) is 59.1 Å². The molecule has 0 amide bonds. The van der Waals surface area contributed by atoms with Crippen molar-refractivity contribution in [1.29, 1.82) is 0 Å². The number of aromatic nitrogens is 1. The maximum atomic E-state index is 2.71. The molecule has 0 unspecified atom stereocenters. The minimum absolute atomic E-state index is 0.230. The van der Waals surface area contributed by atoms with Crippen molar-refractivity contribution in [2.75, 3.05) is 0 Å². The molecule has 0 N–H and O–H groups in total. The minimum Gasteiger partial charge on any atom is -0.327 e. The molecular formula is C22H28N2. The van der Waals surface area contributed by atoms with Crippen LogP contribution < -0.4 is 0 Å². The molecule has 0 spiro atoms. The zero-order valence-electron chi connectivity index (χ0n) is 15.3. The summed E-state index contributed by atoms with van der Waals surface area (Å²) in [4.78, 5) is 2.71. The molecule has 126 valence electrons. The Balaban J connectivity index is 1.89. The number of benzene rings is 2. The lowest BCUT2D eigenvalue weighted by Gasteiger charge is -2.53. The average molecular weight is 320 g/mol. The maximum absolute atomic E-state index is 2.71. The van der Waals surface area contributed by atoms with Crippen LogP contribution in [-0.2, 0) is 6.67 Å². The molecule has 0 atom stereocenters. The fourth-order valence-electron chi connectivity index (χ4n) is 4.72. The van der Waals surface area contributed by atoms with Gasteiger partial charge < -0.3 is 4.57 Å². The molecule has 2 nitrogen and oxygen atoms in total. The maximum Gasteiger partial charge on any atom is 0.0765 e. The lowest BCUT2D eigenvalue weighted by atomic mass is 9.80. The zero-order chi connectivity index (χ0) is 16.9. The molecule has 4 rings (SSSR count). The molecule has 0 radical (unpaired) electrons. The third-order valence-electron chi connectivity index (χ3n) is 6.00. The first-order valence-corrected chi connectivity index (χ1v) is 9.14. The van der Waals surface area contributed by atoms with Crippen LogP contribution in [0.4, 0.5) is 0 Å². The molecule has 2 heterocycles. The molecule has 2 aromatic carbocycles. The van der Waals surface area contributed by atoms with E-state index in [4.69, 9.17) is 0 Å². The number of nitrogens with zero attached hydrogens (tertiary/aromatic N) is 2. The van der Waals surface area contributed by atoms with Gasteiger partial charge in [-0.15, -0.1) is 0 Å². The van der Waals surface area contributed by atoms with Gasteiger partial charge in [0, 0.05) is 21.9 Å². The Morgan fingerprint density at radius 1 is 0.750 bits per heavy atom. The summed E-state index contributed by atoms with van der Waals surface area (Å²) in [5.74, 6) is 0. The van der Waals surface area contributed by atoms with E-state index in [2.05, 4.69) is 85.7 Å². The molecule has 0 saturated carbocycles. The van der Waals surface area contributed by atoms with Gasteiger partial charge >= 0.3 is 0 Å². The van der Waals surface area contributed by atoms with Crippen LogP contribution in [0.5, 0.6) is 0 Å². The predicted molar refractivity (Wildman–Crippen MR) is 103 cm³/mol. The second-order valence-electron chi connectivity index (χ2n) is 8.51. The Labute approximate surface area is 145 Å². The highest BCUT2D eigenvalue weighted by Gasteiger charge is 2.41. The smallest absolute Gasteiger partial charge is 0.0765 e. The van der Waals surface area contributed by atoms with Gasteiger partial charge in [0.1, 0.15) is 0 Å². The quantitative estimate of drug-likeness (QED) is 0.580. The Kier molecular flexibility index (Phi) is 3.50. The van der Waals surface area contributed by atoms with Gasteiger partial charge in [-0.25, -0.2) is 0 Å². The van der Waals surface area contributed by atoms with Crippen molar-refractivity contribution >= 4 is 21.8 Å². The van der Waals surface area contributed by atoms with Gasteiger partial charge in [0.15, 0.2) is 0 Å². The molecule has 0 bridgehead atoms. The molecule has 24 heavy (non-hydrogen) atoms. The van der Waals surface area contributed by atoms with Crippen LogP contribution in [0.3, 0.4) is 0 Å². The molecule has 1 aliphatic heterocycles. The van der Waals surface area contributed by atoms with Crippen LogP contribution in [0.15, 0.2) is 48.5 Å². The van der Waals surface area contributed by atoms with Crippen molar-refractivity contribution < 1.29 is 0 Å². The van der Waals surface area contributed by atoms with E-state index in [1.807, 2.05) is 0 Å². The first-order valence-electron chi connectivity index (χ1n) is 9.14. The molecule has 0 aliphatic carbocycles. The van der Waals surface area contributed by atoms with Crippen molar-refractivity contribution in [3.05, 3.63) is 48.5 Å². The van der Waals surface area contributed by atoms with Gasteiger partial charge in [-0.2, -0.15) is 0 Å². The molecule has 2 heteroatoms. The number of rotatable bonds is 2. The third-order valence-corrected chi connectivity index (χ3v) is 6.00. The van der Waals surface area contributed by atoms with Gasteiger partial charge in [0.25, 0.3) is 0 Å². The monoisotopic (exact) mass is 320 g/mol. The number of likely N-dealkylation sites (tertiary alicyclic amines) is 1. The van der Waals surface area contributed by atoms with E-state index >= 15 is 0 Å². The average Bonchev–Trinajstić information content (AvgIpc) is 2.85. The highest BCUT2D eigenvalue weighted by molar-refractivity contribution is 6.07. The first-order chi connectivity index (χ1) is 11.4. The fourth-order valence-corrected chi connectivity index (χ4v) is 4.72. The summed E-state index contributed by atoms with van der Waals surface area (Å²) in [6.07, 6.45) is 3.87. The van der Waals surface area contributed by atoms with Crippen molar-refractivity contribution in [1.82, 2.24) is 9.47 Å². The van der Waals surface area contributed by atoms with Crippen LogP contribution in [0, 0.1) is 0 Å². The highest BCUT2D eigenvalue weighted by atomic mass is 15.3. The van der Waals surface area contributed by atoms with E-state index in [0.29, 0.717) is 0 Å². The van der Waals surface area contributed by atoms with E-state index in [0.717, 1.165) is 6.67 Å². The summed E-state index contributed by atoms with van der Waals surface area (Å²) in [7, 11) is 0. The van der Waals surface area contributed by atoms with Crippen molar-refractivity contribution in [2.45, 2.75) is 64.7 Å². The Hall–Kier alpha value is -1.80. The summed E-state index contributed by atoms with van der Waals surface area (Å²) >= 11 is 0. The van der Waals surface area contributed by atoms with Gasteiger partial charge in [0.05, 0.1) is 17.7 Å². The summed E-state index contributed by atoms with van der Waals surface area (Å²) in [6.45, 7) is 10.6. The Bertz CT molecular complexity index is 816. The largest absolute Gasteiger partial charge is 0.327 e. The molecule has 1 aromatic heterocycles. The van der Waals surface area contributed by atoms with Crippen LogP contribution >= 0.6 is 0 Å². The number of hydrogen-bond acceptors (Lipinski definition) is 1. The second kappa shape index (κ2) is 5.35. The van der Waals surface area contributed by atoms with Crippen LogP contribution in [0.1, 0.15) is 47.0 Å². The lowest BCUT2D eigenvalue weighted by molar-refractivity contribution is -0.0492. The first kappa shape index (κ1) is 15.7. The highest BCUT2D eigenvalue weighted by Crippen LogP contribution is 2.40. The summed E-state index contributed by atoms with van der Waals surface area (Å²) in [5.41, 5.74) is 3.15. The van der Waals surface area contributed by atoms with E-state index < -0.39 is 0 Å². The predicted octanol–water partition coefficient (Wildman–Crippen LogP) is 5.80. The molecule has 1 fully saturated rings. The normalized spacial score (nSPS) is 20.7. The van der Waals surface area contributed by atoms with Crippen molar-refractivity contribution in [3.8, 4) is 0 Å². The Morgan fingerprint density at radius 3 is 1.71 bits per heavy atom. The number of piperidine rings is 1. The van der Waals surface area contributed by atoms with Crippen LogP contribution in [-0.4, -0.2) is 20.5 Å². The second-order valence-corrected chi connectivity index (χ2v) is 8.51. The number of fused-ring (bicyclic) bond motifs is 3. The molecule has 1 saturated heterocycles. The van der Waals surface area contributed by atoms with Crippen LogP contribution in [0.2, 0.25) is 0 Å². The molecule has 3 aromatic rings. The molecular weight excluding hydrogens is 292 g/mol. The molecule has 1 aliphatic rings. The van der Waals surface area contributed by atoms with Crippen LogP contribution in [0.25, 0.3) is 21.8 Å². The summed E-state index contributed by atoms with van der Waals surface area (Å²) in [5, 5.41) is 2.72. The van der Waals surface area contributed by atoms with Gasteiger partial charge in [-0.1, -0.05) is 36.4 Å². The van der Waals surface area contributed by atoms with E-state index in [1.54, 1.807) is 0 Å². The number of para-hydroxylation sites is 2. The van der Waals surface area contributed by atoms with Crippen molar-refractivity contribution in [2.24, 2.45) is 0 Å². The van der Waals surface area contributed by atoms with E-state index in [9.17, 15) is 0 Å². The van der Waals surface area contributed by atoms with Crippen molar-refractivity contribution in [3.63, 3.8) is 0 Å². The zero-order valence-corrected chi connectivity index (χ0v) is 15.3. The minimum atomic E-state index is 0.230. The third kappa shape index (κ3) is 2.36. The fraction of sp³-hybridized carbons (Fsp3) is 0.455. The SMILES string of the molecule is CC1(C)CCCC(C)(C)N1Cn1c2ccccc2c2ccccc21. The van der Waals surface area contributed by atoms with E-state index in [-0.39, 0.29) is 11.1 Å².